The largest absolute Gasteiger partial charge is 0.505 e. The smallest absolute Gasteiger partial charge is 0.378 e. The van der Waals surface area contributed by atoms with Crippen LogP contribution >= 0.6 is 22.6 Å². The van der Waals surface area contributed by atoms with Crippen LogP contribution in [0.5, 0.6) is 0 Å². The highest BCUT2D eigenvalue weighted by atomic mass is 127. The predicted molar refractivity (Wildman–Crippen MR) is 78.5 cm³/mol. The molecule has 0 radical (unpaired) electrons. The maximum Gasteiger partial charge on any atom is 0.378 e. The second kappa shape index (κ2) is 6.10. The van der Waals surface area contributed by atoms with Crippen molar-refractivity contribution >= 4 is 28.6 Å². The van der Waals surface area contributed by atoms with Gasteiger partial charge in [-0.3, -0.25) is 0 Å². The van der Waals surface area contributed by atoms with Crippen LogP contribution in [0, 0.1) is 0 Å². The molecule has 1 aliphatic heterocycles. The summed E-state index contributed by atoms with van der Waals surface area (Å²) in [6.45, 7) is 3.93. The molecule has 0 saturated carbocycles. The number of halogens is 1. The van der Waals surface area contributed by atoms with Gasteiger partial charge in [0, 0.05) is 6.42 Å². The maximum absolute atomic E-state index is 11.6. The Morgan fingerprint density at radius 3 is 2.74 bits per heavy atom. The van der Waals surface area contributed by atoms with Gasteiger partial charge in [-0.05, 0) is 31.7 Å². The van der Waals surface area contributed by atoms with Crippen LogP contribution in [0.4, 0.5) is 0 Å². The molecular formula is C14H13IO4. The van der Waals surface area contributed by atoms with E-state index in [1.54, 1.807) is 0 Å². The molecule has 0 bridgehead atoms. The van der Waals surface area contributed by atoms with Gasteiger partial charge in [0.2, 0.25) is 5.76 Å². The van der Waals surface area contributed by atoms with Gasteiger partial charge in [-0.15, -0.1) is 0 Å². The summed E-state index contributed by atoms with van der Waals surface area (Å²) >= 11 is 2.03. The average molecular weight is 372 g/mol. The summed E-state index contributed by atoms with van der Waals surface area (Å²) in [7, 11) is 0. The zero-order chi connectivity index (χ0) is 13.8. The van der Waals surface area contributed by atoms with E-state index in [1.165, 1.54) is 0 Å². The summed E-state index contributed by atoms with van der Waals surface area (Å²) < 4.78 is 11.2. The lowest BCUT2D eigenvalue weighted by Gasteiger charge is -2.07. The lowest BCUT2D eigenvalue weighted by atomic mass is 10.2. The molecule has 0 spiro atoms. The lowest BCUT2D eigenvalue weighted by molar-refractivity contribution is -0.143. The third kappa shape index (κ3) is 3.50. The van der Waals surface area contributed by atoms with Crippen molar-refractivity contribution < 1.29 is 19.4 Å². The van der Waals surface area contributed by atoms with E-state index in [0.29, 0.717) is 6.42 Å². The van der Waals surface area contributed by atoms with Gasteiger partial charge in [-0.25, -0.2) is 4.79 Å². The standard InChI is InChI=1S/C14H13IO4/c1-9(15)7-11-12(16)13(14(17)19-11)18-8-10-5-3-2-4-6-10/h2-6,11,16H,1,7-8H2. The van der Waals surface area contributed by atoms with Gasteiger partial charge in [0.05, 0.1) is 0 Å². The fraction of sp³-hybridized carbons (Fsp3) is 0.214. The number of aliphatic hydroxyl groups is 1. The molecule has 0 fully saturated rings. The molecule has 0 saturated heterocycles. The Balaban J connectivity index is 2.04. The zero-order valence-electron chi connectivity index (χ0n) is 10.1. The molecule has 1 atom stereocenters. The predicted octanol–water partition coefficient (Wildman–Crippen LogP) is 3.24. The van der Waals surface area contributed by atoms with Crippen molar-refractivity contribution in [3.63, 3.8) is 0 Å². The second-order valence-electron chi connectivity index (χ2n) is 4.10. The van der Waals surface area contributed by atoms with Crippen molar-refractivity contribution in [2.75, 3.05) is 0 Å². The molecule has 1 unspecified atom stereocenters. The van der Waals surface area contributed by atoms with Crippen molar-refractivity contribution in [2.45, 2.75) is 19.1 Å². The Morgan fingerprint density at radius 2 is 2.11 bits per heavy atom. The minimum absolute atomic E-state index is 0.105. The number of ether oxygens (including phenoxy) is 2. The van der Waals surface area contributed by atoms with E-state index >= 15 is 0 Å². The van der Waals surface area contributed by atoms with Gasteiger partial charge in [-0.2, -0.15) is 0 Å². The van der Waals surface area contributed by atoms with Crippen molar-refractivity contribution in [3.05, 3.63) is 57.6 Å². The number of hydrogen-bond donors (Lipinski definition) is 1. The summed E-state index contributed by atoms with van der Waals surface area (Å²) in [5.74, 6) is -0.888. The second-order valence-corrected chi connectivity index (χ2v) is 5.63. The van der Waals surface area contributed by atoms with Crippen LogP contribution < -0.4 is 0 Å². The number of benzene rings is 1. The molecule has 0 amide bonds. The molecule has 0 aliphatic carbocycles. The number of carbonyl (C=O) groups excluding carboxylic acids is 1. The lowest BCUT2D eigenvalue weighted by Crippen LogP contribution is -2.11. The maximum atomic E-state index is 11.6. The molecule has 1 aliphatic rings. The van der Waals surface area contributed by atoms with Gasteiger partial charge in [0.25, 0.3) is 0 Å². The Hall–Kier alpha value is -1.50. The Kier molecular flexibility index (Phi) is 4.47. The fourth-order valence-electron chi connectivity index (χ4n) is 1.69. The van der Waals surface area contributed by atoms with Crippen molar-refractivity contribution in [1.82, 2.24) is 0 Å². The van der Waals surface area contributed by atoms with E-state index < -0.39 is 12.1 Å². The van der Waals surface area contributed by atoms with E-state index in [2.05, 4.69) is 6.58 Å². The number of aliphatic hydroxyl groups excluding tert-OH is 1. The summed E-state index contributed by atoms with van der Waals surface area (Å²) in [5.41, 5.74) is 0.914. The molecule has 1 aromatic rings. The number of hydrogen-bond acceptors (Lipinski definition) is 4. The first kappa shape index (κ1) is 13.9. The van der Waals surface area contributed by atoms with Crippen molar-refractivity contribution in [1.29, 1.82) is 0 Å². The first-order chi connectivity index (χ1) is 9.08. The molecule has 1 N–H and O–H groups in total. The monoisotopic (exact) mass is 372 g/mol. The highest BCUT2D eigenvalue weighted by Crippen LogP contribution is 2.28. The average Bonchev–Trinajstić information content (AvgIpc) is 2.63. The molecule has 0 aromatic heterocycles. The first-order valence-electron chi connectivity index (χ1n) is 5.72. The van der Waals surface area contributed by atoms with Crippen LogP contribution in [0.1, 0.15) is 12.0 Å². The van der Waals surface area contributed by atoms with Crippen LogP contribution in [0.3, 0.4) is 0 Å². The van der Waals surface area contributed by atoms with Gasteiger partial charge in [0.15, 0.2) is 11.9 Å². The Morgan fingerprint density at radius 1 is 1.42 bits per heavy atom. The third-order valence-electron chi connectivity index (χ3n) is 2.61. The highest BCUT2D eigenvalue weighted by molar-refractivity contribution is 14.1. The topological polar surface area (TPSA) is 55.8 Å². The van der Waals surface area contributed by atoms with Gasteiger partial charge >= 0.3 is 5.97 Å². The molecule has 19 heavy (non-hydrogen) atoms. The van der Waals surface area contributed by atoms with Crippen LogP contribution in [-0.2, 0) is 20.9 Å². The summed E-state index contributed by atoms with van der Waals surface area (Å²) in [6.07, 6.45) is -0.293. The SMILES string of the molecule is C=C(I)CC1OC(=O)C(OCc2ccccc2)=C1O. The van der Waals surface area contributed by atoms with Gasteiger partial charge in [0.1, 0.15) is 6.61 Å². The Bertz CT molecular complexity index is 522. The van der Waals surface area contributed by atoms with E-state index in [1.807, 2.05) is 52.9 Å². The summed E-state index contributed by atoms with van der Waals surface area (Å²) in [5, 5.41) is 9.91. The Labute approximate surface area is 124 Å². The van der Waals surface area contributed by atoms with E-state index in [0.717, 1.165) is 9.14 Å². The van der Waals surface area contributed by atoms with E-state index in [9.17, 15) is 9.90 Å². The molecule has 2 rings (SSSR count). The first-order valence-corrected chi connectivity index (χ1v) is 6.80. The normalized spacial score (nSPS) is 18.4. The third-order valence-corrected chi connectivity index (χ3v) is 3.05. The summed E-state index contributed by atoms with van der Waals surface area (Å²) in [6, 6.07) is 9.40. The molecule has 1 aromatic carbocycles. The minimum atomic E-state index is -0.678. The van der Waals surface area contributed by atoms with Crippen molar-refractivity contribution in [2.24, 2.45) is 0 Å². The van der Waals surface area contributed by atoms with Crippen LogP contribution in [0.15, 0.2) is 52.0 Å². The van der Waals surface area contributed by atoms with Crippen LogP contribution in [0.25, 0.3) is 0 Å². The number of cyclic esters (lactones) is 1. The molecule has 4 nitrogen and oxygen atoms in total. The van der Waals surface area contributed by atoms with Gasteiger partial charge in [-0.1, -0.05) is 36.9 Å². The van der Waals surface area contributed by atoms with E-state index in [4.69, 9.17) is 9.47 Å². The number of esters is 1. The molecule has 100 valence electrons. The van der Waals surface area contributed by atoms with Crippen LogP contribution in [-0.4, -0.2) is 17.2 Å². The quantitative estimate of drug-likeness (QED) is 0.637. The van der Waals surface area contributed by atoms with Crippen molar-refractivity contribution in [3.8, 4) is 0 Å². The molecule has 5 heteroatoms. The number of carbonyl (C=O) groups is 1. The zero-order valence-corrected chi connectivity index (χ0v) is 12.3. The summed E-state index contributed by atoms with van der Waals surface area (Å²) in [4.78, 5) is 11.6. The number of rotatable bonds is 5. The molecule has 1 heterocycles. The van der Waals surface area contributed by atoms with Crippen LogP contribution in [0.2, 0.25) is 0 Å². The molecular weight excluding hydrogens is 359 g/mol. The van der Waals surface area contributed by atoms with Gasteiger partial charge < -0.3 is 14.6 Å². The van der Waals surface area contributed by atoms with E-state index in [-0.39, 0.29) is 18.1 Å². The fourth-order valence-corrected chi connectivity index (χ4v) is 2.09. The highest BCUT2D eigenvalue weighted by Gasteiger charge is 2.36. The minimum Gasteiger partial charge on any atom is -0.505 e.